The van der Waals surface area contributed by atoms with Crippen molar-refractivity contribution in [1.29, 1.82) is 0 Å². The minimum Gasteiger partial charge on any atom is -0.330 e. The Kier molecular flexibility index (Phi) is 4.68. The second-order valence-electron chi connectivity index (χ2n) is 3.64. The number of rotatable bonds is 6. The van der Waals surface area contributed by atoms with Crippen molar-refractivity contribution in [2.75, 3.05) is 17.0 Å². The predicted octanol–water partition coefficient (Wildman–Crippen LogP) is -0.575. The van der Waals surface area contributed by atoms with Crippen LogP contribution in [0, 0.1) is 0 Å². The Labute approximate surface area is 106 Å². The summed E-state index contributed by atoms with van der Waals surface area (Å²) in [4.78, 5) is -0.151. The van der Waals surface area contributed by atoms with Gasteiger partial charge in [-0.15, -0.1) is 0 Å². The van der Waals surface area contributed by atoms with Crippen LogP contribution in [0.3, 0.4) is 0 Å². The van der Waals surface area contributed by atoms with Gasteiger partial charge in [0.1, 0.15) is 0 Å². The number of hydrogen-bond acceptors (Lipinski definition) is 5. The van der Waals surface area contributed by atoms with E-state index in [1.807, 2.05) is 0 Å². The Hall–Kier alpha value is -1.16. The van der Waals surface area contributed by atoms with Crippen molar-refractivity contribution in [2.24, 2.45) is 10.9 Å². The predicted molar refractivity (Wildman–Crippen MR) is 68.9 cm³/mol. The van der Waals surface area contributed by atoms with Crippen LogP contribution in [0.2, 0.25) is 0 Å². The highest BCUT2D eigenvalue weighted by atomic mass is 32.2. The molecule has 18 heavy (non-hydrogen) atoms. The van der Waals surface area contributed by atoms with Gasteiger partial charge in [0.25, 0.3) is 0 Å². The van der Waals surface area contributed by atoms with E-state index in [9.17, 15) is 16.8 Å². The Bertz CT molecular complexity index is 610. The molecule has 0 saturated heterocycles. The van der Waals surface area contributed by atoms with Crippen LogP contribution in [0.1, 0.15) is 6.42 Å². The lowest BCUT2D eigenvalue weighted by Crippen LogP contribution is -2.19. The summed E-state index contributed by atoms with van der Waals surface area (Å²) in [6.07, 6.45) is 0.324. The molecule has 0 aliphatic heterocycles. The normalized spacial score (nSPS) is 12.3. The van der Waals surface area contributed by atoms with Crippen molar-refractivity contribution in [2.45, 2.75) is 11.3 Å². The third kappa shape index (κ3) is 4.61. The first-order valence-electron chi connectivity index (χ1n) is 5.08. The molecule has 0 spiro atoms. The van der Waals surface area contributed by atoms with Gasteiger partial charge in [0, 0.05) is 5.69 Å². The van der Waals surface area contributed by atoms with Crippen LogP contribution >= 0.6 is 0 Å². The maximum Gasteiger partial charge on any atom is 0.238 e. The summed E-state index contributed by atoms with van der Waals surface area (Å²) in [6.45, 7) is 0.262. The number of anilines is 1. The van der Waals surface area contributed by atoms with E-state index in [-0.39, 0.29) is 22.9 Å². The molecule has 102 valence electrons. The van der Waals surface area contributed by atoms with E-state index in [2.05, 4.69) is 4.72 Å². The molecule has 0 saturated carbocycles. The number of primary sulfonamides is 1. The molecule has 0 fully saturated rings. The summed E-state index contributed by atoms with van der Waals surface area (Å²) < 4.78 is 47.6. The molecule has 0 aliphatic carbocycles. The molecule has 0 amide bonds. The van der Waals surface area contributed by atoms with E-state index in [0.717, 1.165) is 6.07 Å². The maximum absolute atomic E-state index is 11.6. The van der Waals surface area contributed by atoms with Gasteiger partial charge in [-0.2, -0.15) is 0 Å². The van der Waals surface area contributed by atoms with Gasteiger partial charge in [-0.3, -0.25) is 4.72 Å². The van der Waals surface area contributed by atoms with Crippen LogP contribution in [0.4, 0.5) is 5.69 Å². The van der Waals surface area contributed by atoms with Gasteiger partial charge in [-0.25, -0.2) is 22.0 Å². The third-order valence-electron chi connectivity index (χ3n) is 2.05. The number of benzene rings is 1. The van der Waals surface area contributed by atoms with Gasteiger partial charge < -0.3 is 5.73 Å². The molecule has 0 aliphatic rings. The van der Waals surface area contributed by atoms with E-state index in [4.69, 9.17) is 10.9 Å². The fourth-order valence-corrected chi connectivity index (χ4v) is 2.93. The molecule has 1 aromatic carbocycles. The van der Waals surface area contributed by atoms with Crippen LogP contribution in [0.15, 0.2) is 29.2 Å². The van der Waals surface area contributed by atoms with Crippen molar-refractivity contribution < 1.29 is 16.8 Å². The van der Waals surface area contributed by atoms with E-state index in [0.29, 0.717) is 6.42 Å². The summed E-state index contributed by atoms with van der Waals surface area (Å²) in [6, 6.07) is 5.29. The average Bonchev–Trinajstić information content (AvgIpc) is 2.25. The minimum absolute atomic E-state index is 0.122. The highest BCUT2D eigenvalue weighted by Crippen LogP contribution is 2.15. The molecule has 7 nitrogen and oxygen atoms in total. The molecular formula is C9H15N3O4S2. The first kappa shape index (κ1) is 14.9. The summed E-state index contributed by atoms with van der Waals surface area (Å²) in [5, 5.41) is 4.95. The number of nitrogens with two attached hydrogens (primary N) is 2. The van der Waals surface area contributed by atoms with E-state index in [1.165, 1.54) is 18.2 Å². The SMILES string of the molecule is NCCCS(=O)(=O)Nc1cccc(S(N)(=O)=O)c1. The lowest BCUT2D eigenvalue weighted by molar-refractivity contribution is 0.595. The summed E-state index contributed by atoms with van der Waals surface area (Å²) in [5.74, 6) is -0.122. The van der Waals surface area contributed by atoms with Crippen LogP contribution in [0.5, 0.6) is 0 Å². The lowest BCUT2D eigenvalue weighted by atomic mass is 10.3. The number of sulfonamides is 2. The van der Waals surface area contributed by atoms with Crippen molar-refractivity contribution in [1.82, 2.24) is 0 Å². The quantitative estimate of drug-likeness (QED) is 0.645. The van der Waals surface area contributed by atoms with E-state index in [1.54, 1.807) is 0 Å². The minimum atomic E-state index is -3.85. The highest BCUT2D eigenvalue weighted by molar-refractivity contribution is 7.92. The molecule has 0 unspecified atom stereocenters. The number of hydrogen-bond donors (Lipinski definition) is 3. The summed E-state index contributed by atoms with van der Waals surface area (Å²) in [7, 11) is -7.38. The molecule has 0 atom stereocenters. The average molecular weight is 293 g/mol. The van der Waals surface area contributed by atoms with Gasteiger partial charge in [0.2, 0.25) is 20.0 Å². The van der Waals surface area contributed by atoms with E-state index >= 15 is 0 Å². The smallest absolute Gasteiger partial charge is 0.238 e. The Morgan fingerprint density at radius 2 is 1.83 bits per heavy atom. The van der Waals surface area contributed by atoms with Crippen molar-refractivity contribution in [3.05, 3.63) is 24.3 Å². The lowest BCUT2D eigenvalue weighted by Gasteiger charge is -2.08. The Morgan fingerprint density at radius 1 is 1.17 bits per heavy atom. The van der Waals surface area contributed by atoms with Crippen LogP contribution < -0.4 is 15.6 Å². The molecular weight excluding hydrogens is 278 g/mol. The first-order chi connectivity index (χ1) is 8.24. The molecule has 5 N–H and O–H groups in total. The zero-order chi connectivity index (χ0) is 13.8. The zero-order valence-corrected chi connectivity index (χ0v) is 11.2. The maximum atomic E-state index is 11.6. The standard InChI is InChI=1S/C9H15N3O4S2/c10-5-2-6-17(13,14)12-8-3-1-4-9(7-8)18(11,15)16/h1,3-4,7,12H,2,5-6,10H2,(H2,11,15,16). The van der Waals surface area contributed by atoms with Crippen molar-refractivity contribution >= 4 is 25.7 Å². The molecule has 1 aromatic rings. The van der Waals surface area contributed by atoms with Gasteiger partial charge in [0.05, 0.1) is 10.6 Å². The van der Waals surface area contributed by atoms with Gasteiger partial charge in [0.15, 0.2) is 0 Å². The second kappa shape index (κ2) is 5.65. The Balaban J connectivity index is 2.93. The van der Waals surface area contributed by atoms with Crippen LogP contribution in [-0.2, 0) is 20.0 Å². The molecule has 9 heteroatoms. The molecule has 0 heterocycles. The fourth-order valence-electron chi connectivity index (χ4n) is 1.24. The highest BCUT2D eigenvalue weighted by Gasteiger charge is 2.12. The van der Waals surface area contributed by atoms with Gasteiger partial charge >= 0.3 is 0 Å². The van der Waals surface area contributed by atoms with Gasteiger partial charge in [-0.1, -0.05) is 6.07 Å². The molecule has 1 rings (SSSR count). The first-order valence-corrected chi connectivity index (χ1v) is 8.28. The fraction of sp³-hybridized carbons (Fsp3) is 0.333. The van der Waals surface area contributed by atoms with Crippen LogP contribution in [0.25, 0.3) is 0 Å². The third-order valence-corrected chi connectivity index (χ3v) is 4.34. The Morgan fingerprint density at radius 3 is 2.39 bits per heavy atom. The molecule has 0 radical (unpaired) electrons. The number of nitrogens with one attached hydrogen (secondary N) is 1. The molecule has 0 bridgehead atoms. The second-order valence-corrected chi connectivity index (χ2v) is 7.04. The topological polar surface area (TPSA) is 132 Å². The van der Waals surface area contributed by atoms with Crippen LogP contribution in [-0.4, -0.2) is 29.1 Å². The van der Waals surface area contributed by atoms with Gasteiger partial charge in [-0.05, 0) is 31.2 Å². The van der Waals surface area contributed by atoms with E-state index < -0.39 is 20.0 Å². The van der Waals surface area contributed by atoms with Crippen molar-refractivity contribution in [3.8, 4) is 0 Å². The summed E-state index contributed by atoms with van der Waals surface area (Å²) >= 11 is 0. The zero-order valence-electron chi connectivity index (χ0n) is 9.53. The monoisotopic (exact) mass is 293 g/mol. The summed E-state index contributed by atoms with van der Waals surface area (Å²) in [5.41, 5.74) is 5.37. The molecule has 0 aromatic heterocycles. The van der Waals surface area contributed by atoms with Crippen molar-refractivity contribution in [3.63, 3.8) is 0 Å². The largest absolute Gasteiger partial charge is 0.330 e.